The van der Waals surface area contributed by atoms with Crippen molar-refractivity contribution in [2.24, 2.45) is 0 Å². The Labute approximate surface area is 120 Å². The zero-order chi connectivity index (χ0) is 13.5. The smallest absolute Gasteiger partial charge is 0.224 e. The van der Waals surface area contributed by atoms with Crippen LogP contribution in [0.3, 0.4) is 0 Å². The SMILES string of the molecule is O=C(CCCCBr)Nc1ccccc1-n1cccn1. The molecule has 0 saturated carbocycles. The Morgan fingerprint density at radius 3 is 2.84 bits per heavy atom. The normalized spacial score (nSPS) is 10.4. The molecule has 0 aliphatic carbocycles. The van der Waals surface area contributed by atoms with Gasteiger partial charge in [-0.15, -0.1) is 0 Å². The van der Waals surface area contributed by atoms with Gasteiger partial charge in [0.15, 0.2) is 0 Å². The first kappa shape index (κ1) is 13.8. The molecule has 1 N–H and O–H groups in total. The highest BCUT2D eigenvalue weighted by molar-refractivity contribution is 9.09. The van der Waals surface area contributed by atoms with Crippen LogP contribution in [0.5, 0.6) is 0 Å². The topological polar surface area (TPSA) is 46.9 Å². The lowest BCUT2D eigenvalue weighted by atomic mass is 10.2. The lowest BCUT2D eigenvalue weighted by Gasteiger charge is -2.10. The van der Waals surface area contributed by atoms with E-state index in [1.54, 1.807) is 10.9 Å². The van der Waals surface area contributed by atoms with Gasteiger partial charge in [-0.3, -0.25) is 4.79 Å². The molecule has 0 aliphatic rings. The van der Waals surface area contributed by atoms with Crippen LogP contribution in [0, 0.1) is 0 Å². The van der Waals surface area contributed by atoms with E-state index in [1.165, 1.54) is 0 Å². The van der Waals surface area contributed by atoms with Gasteiger partial charge in [-0.05, 0) is 31.0 Å². The van der Waals surface area contributed by atoms with Crippen molar-refractivity contribution < 1.29 is 4.79 Å². The maximum atomic E-state index is 11.9. The number of hydrogen-bond acceptors (Lipinski definition) is 2. The number of hydrogen-bond donors (Lipinski definition) is 1. The van der Waals surface area contributed by atoms with E-state index in [1.807, 2.05) is 36.5 Å². The van der Waals surface area contributed by atoms with Gasteiger partial charge < -0.3 is 5.32 Å². The largest absolute Gasteiger partial charge is 0.324 e. The average molecular weight is 322 g/mol. The molecule has 100 valence electrons. The number of amides is 1. The highest BCUT2D eigenvalue weighted by atomic mass is 79.9. The van der Waals surface area contributed by atoms with Crippen LogP contribution < -0.4 is 5.32 Å². The summed E-state index contributed by atoms with van der Waals surface area (Å²) in [5.41, 5.74) is 1.66. The molecular formula is C14H16BrN3O. The van der Waals surface area contributed by atoms with Crippen molar-refractivity contribution in [3.8, 4) is 5.69 Å². The zero-order valence-corrected chi connectivity index (χ0v) is 12.1. The van der Waals surface area contributed by atoms with Crippen LogP contribution in [0.15, 0.2) is 42.7 Å². The molecule has 0 fully saturated rings. The molecule has 1 aromatic carbocycles. The molecule has 0 bridgehead atoms. The molecule has 0 radical (unpaired) electrons. The highest BCUT2D eigenvalue weighted by Gasteiger charge is 2.07. The van der Waals surface area contributed by atoms with E-state index in [-0.39, 0.29) is 5.91 Å². The fourth-order valence-corrected chi connectivity index (χ4v) is 2.18. The molecule has 19 heavy (non-hydrogen) atoms. The maximum absolute atomic E-state index is 11.9. The molecule has 4 nitrogen and oxygen atoms in total. The van der Waals surface area contributed by atoms with Gasteiger partial charge in [0.2, 0.25) is 5.91 Å². The summed E-state index contributed by atoms with van der Waals surface area (Å²) in [7, 11) is 0. The summed E-state index contributed by atoms with van der Waals surface area (Å²) in [6, 6.07) is 9.51. The number of benzene rings is 1. The third-order valence-corrected chi connectivity index (χ3v) is 3.28. The van der Waals surface area contributed by atoms with E-state index in [0.717, 1.165) is 29.5 Å². The lowest BCUT2D eigenvalue weighted by Crippen LogP contribution is -2.13. The number of carbonyl (C=O) groups is 1. The van der Waals surface area contributed by atoms with Gasteiger partial charge in [-0.25, -0.2) is 4.68 Å². The summed E-state index contributed by atoms with van der Waals surface area (Å²) in [4.78, 5) is 11.9. The van der Waals surface area contributed by atoms with Gasteiger partial charge in [0.1, 0.15) is 0 Å². The number of rotatable bonds is 6. The third-order valence-electron chi connectivity index (χ3n) is 2.72. The summed E-state index contributed by atoms with van der Waals surface area (Å²) in [5.74, 6) is 0.0422. The molecule has 0 unspecified atom stereocenters. The zero-order valence-electron chi connectivity index (χ0n) is 10.6. The Morgan fingerprint density at radius 2 is 2.11 bits per heavy atom. The van der Waals surface area contributed by atoms with Gasteiger partial charge in [-0.1, -0.05) is 28.1 Å². The van der Waals surface area contributed by atoms with Crippen molar-refractivity contribution in [1.29, 1.82) is 0 Å². The molecule has 1 amide bonds. The minimum absolute atomic E-state index is 0.0422. The molecule has 0 aliphatic heterocycles. The predicted octanol–water partition coefficient (Wildman–Crippen LogP) is 3.38. The third kappa shape index (κ3) is 3.92. The van der Waals surface area contributed by atoms with Crippen LogP contribution in [0.25, 0.3) is 5.69 Å². The standard InChI is InChI=1S/C14H16BrN3O/c15-9-4-3-8-14(19)17-12-6-1-2-7-13(12)18-11-5-10-16-18/h1-2,5-7,10-11H,3-4,8-9H2,(H,17,19). The van der Waals surface area contributed by atoms with Crippen LogP contribution in [0.1, 0.15) is 19.3 Å². The monoisotopic (exact) mass is 321 g/mol. The number of alkyl halides is 1. The van der Waals surface area contributed by atoms with Crippen molar-refractivity contribution in [2.45, 2.75) is 19.3 Å². The number of carbonyl (C=O) groups excluding carboxylic acids is 1. The Balaban J connectivity index is 2.06. The first-order chi connectivity index (χ1) is 9.31. The Kier molecular flexibility index (Phi) is 5.15. The van der Waals surface area contributed by atoms with E-state index < -0.39 is 0 Å². The molecule has 0 spiro atoms. The highest BCUT2D eigenvalue weighted by Crippen LogP contribution is 2.19. The summed E-state index contributed by atoms with van der Waals surface area (Å²) in [5, 5.41) is 8.07. The number of aromatic nitrogens is 2. The van der Waals surface area contributed by atoms with Gasteiger partial charge >= 0.3 is 0 Å². The average Bonchev–Trinajstić information content (AvgIpc) is 2.93. The fourth-order valence-electron chi connectivity index (χ4n) is 1.78. The van der Waals surface area contributed by atoms with Crippen molar-refractivity contribution in [1.82, 2.24) is 9.78 Å². The molecule has 1 aromatic heterocycles. The van der Waals surface area contributed by atoms with Crippen LogP contribution >= 0.6 is 15.9 Å². The summed E-state index contributed by atoms with van der Waals surface area (Å²) in [6.07, 6.45) is 6.01. The maximum Gasteiger partial charge on any atom is 0.224 e. The minimum atomic E-state index is 0.0422. The van der Waals surface area contributed by atoms with Gasteiger partial charge in [-0.2, -0.15) is 5.10 Å². The van der Waals surface area contributed by atoms with E-state index in [2.05, 4.69) is 26.3 Å². The van der Waals surface area contributed by atoms with E-state index in [9.17, 15) is 4.79 Å². The molecule has 1 heterocycles. The van der Waals surface area contributed by atoms with Gasteiger partial charge in [0.05, 0.1) is 11.4 Å². The van der Waals surface area contributed by atoms with Crippen molar-refractivity contribution >= 4 is 27.5 Å². The summed E-state index contributed by atoms with van der Waals surface area (Å²) < 4.78 is 1.74. The molecule has 2 rings (SSSR count). The van der Waals surface area contributed by atoms with Crippen molar-refractivity contribution in [3.05, 3.63) is 42.7 Å². The fraction of sp³-hybridized carbons (Fsp3) is 0.286. The van der Waals surface area contributed by atoms with E-state index in [0.29, 0.717) is 6.42 Å². The van der Waals surface area contributed by atoms with E-state index >= 15 is 0 Å². The van der Waals surface area contributed by atoms with Crippen LogP contribution in [0.4, 0.5) is 5.69 Å². The van der Waals surface area contributed by atoms with Gasteiger partial charge in [0, 0.05) is 24.1 Å². The summed E-state index contributed by atoms with van der Waals surface area (Å²) >= 11 is 3.36. The van der Waals surface area contributed by atoms with Gasteiger partial charge in [0.25, 0.3) is 0 Å². The predicted molar refractivity (Wildman–Crippen MR) is 79.8 cm³/mol. The van der Waals surface area contributed by atoms with Crippen molar-refractivity contribution in [3.63, 3.8) is 0 Å². The number of para-hydroxylation sites is 2. The van der Waals surface area contributed by atoms with Crippen LogP contribution in [-0.2, 0) is 4.79 Å². The molecule has 5 heteroatoms. The number of nitrogens with zero attached hydrogens (tertiary/aromatic N) is 2. The first-order valence-electron chi connectivity index (χ1n) is 6.26. The summed E-state index contributed by atoms with van der Waals surface area (Å²) in [6.45, 7) is 0. The second kappa shape index (κ2) is 7.09. The molecular weight excluding hydrogens is 306 g/mol. The quantitative estimate of drug-likeness (QED) is 0.655. The Hall–Kier alpha value is -1.62. The number of nitrogens with one attached hydrogen (secondary N) is 1. The molecule has 2 aromatic rings. The number of unbranched alkanes of at least 4 members (excludes halogenated alkanes) is 1. The van der Waals surface area contributed by atoms with Crippen molar-refractivity contribution in [2.75, 3.05) is 10.6 Å². The second-order valence-corrected chi connectivity index (χ2v) is 4.96. The molecule has 0 atom stereocenters. The van der Waals surface area contributed by atoms with Crippen LogP contribution in [0.2, 0.25) is 0 Å². The number of halogens is 1. The first-order valence-corrected chi connectivity index (χ1v) is 7.38. The lowest BCUT2D eigenvalue weighted by molar-refractivity contribution is -0.116. The Bertz CT molecular complexity index is 525. The molecule has 0 saturated heterocycles. The number of anilines is 1. The minimum Gasteiger partial charge on any atom is -0.324 e. The Morgan fingerprint density at radius 1 is 1.26 bits per heavy atom. The van der Waals surface area contributed by atoms with Crippen LogP contribution in [-0.4, -0.2) is 21.0 Å². The second-order valence-electron chi connectivity index (χ2n) is 4.16. The van der Waals surface area contributed by atoms with E-state index in [4.69, 9.17) is 0 Å².